The fourth-order valence-electron chi connectivity index (χ4n) is 3.12. The summed E-state index contributed by atoms with van der Waals surface area (Å²) < 4.78 is 0. The van der Waals surface area contributed by atoms with E-state index in [2.05, 4.69) is 22.6 Å². The van der Waals surface area contributed by atoms with E-state index >= 15 is 0 Å². The molecule has 6 heteroatoms. The van der Waals surface area contributed by atoms with Crippen LogP contribution in [-0.2, 0) is 0 Å². The molecule has 1 saturated heterocycles. The van der Waals surface area contributed by atoms with Crippen molar-refractivity contribution >= 4 is 35.1 Å². The van der Waals surface area contributed by atoms with Crippen LogP contribution in [-0.4, -0.2) is 42.7 Å². The predicted octanol–water partition coefficient (Wildman–Crippen LogP) is 2.67. The van der Waals surface area contributed by atoms with Gasteiger partial charge < -0.3 is 15.5 Å². The Kier molecular flexibility index (Phi) is 4.87. The minimum Gasteiger partial charge on any atom is -0.364 e. The molecule has 0 amide bonds. The third kappa shape index (κ3) is 3.67. The van der Waals surface area contributed by atoms with Crippen LogP contribution in [0.4, 0.5) is 11.6 Å². The van der Waals surface area contributed by atoms with E-state index in [0.717, 1.165) is 42.3 Å². The lowest BCUT2D eigenvalue weighted by molar-refractivity contribution is 0.576. The van der Waals surface area contributed by atoms with Crippen LogP contribution in [0.3, 0.4) is 0 Å². The van der Waals surface area contributed by atoms with Gasteiger partial charge in [-0.05, 0) is 50.4 Å². The molecule has 2 fully saturated rings. The Morgan fingerprint density at radius 1 is 1.17 bits per heavy atom. The first-order valence-electron chi connectivity index (χ1n) is 8.25. The molecule has 2 aliphatic rings. The Bertz CT molecular complexity index is 667. The van der Waals surface area contributed by atoms with Crippen molar-refractivity contribution in [2.45, 2.75) is 25.3 Å². The lowest BCUT2D eigenvalue weighted by atomic mass is 10.1. The zero-order valence-corrected chi connectivity index (χ0v) is 14.3. The Morgan fingerprint density at radius 2 is 1.91 bits per heavy atom. The molecule has 4 rings (SSSR count). The smallest absolute Gasteiger partial charge is 0.172 e. The monoisotopic (exact) mass is 333 g/mol. The molecule has 0 spiro atoms. The summed E-state index contributed by atoms with van der Waals surface area (Å²) in [5, 5.41) is 6.99. The first-order chi connectivity index (χ1) is 10.8. The highest BCUT2D eigenvalue weighted by atomic mass is 35.5. The molecule has 0 bridgehead atoms. The van der Waals surface area contributed by atoms with Crippen molar-refractivity contribution in [2.24, 2.45) is 5.92 Å². The van der Waals surface area contributed by atoms with Crippen LogP contribution in [0.25, 0.3) is 11.0 Å². The Morgan fingerprint density at radius 3 is 2.57 bits per heavy atom. The van der Waals surface area contributed by atoms with Gasteiger partial charge in [0.05, 0.1) is 11.0 Å². The van der Waals surface area contributed by atoms with Gasteiger partial charge in [0.2, 0.25) is 0 Å². The second kappa shape index (κ2) is 6.89. The number of aromatic nitrogens is 2. The number of hydrogen-bond acceptors (Lipinski definition) is 5. The maximum absolute atomic E-state index is 4.88. The lowest BCUT2D eigenvalue weighted by Crippen LogP contribution is -2.28. The first kappa shape index (κ1) is 16.3. The molecule has 1 aromatic heterocycles. The number of benzene rings is 1. The molecule has 5 nitrogen and oxygen atoms in total. The molecule has 2 heterocycles. The second-order valence-corrected chi connectivity index (χ2v) is 6.54. The Balaban J connectivity index is 0.00000156. The molecule has 1 aliphatic heterocycles. The Hall–Kier alpha value is -1.59. The third-order valence-electron chi connectivity index (χ3n) is 4.53. The fraction of sp³-hybridized carbons (Fsp3) is 0.529. The summed E-state index contributed by atoms with van der Waals surface area (Å²) in [7, 11) is 2.13. The van der Waals surface area contributed by atoms with E-state index in [0.29, 0.717) is 12.0 Å². The van der Waals surface area contributed by atoms with Gasteiger partial charge in [-0.25, -0.2) is 9.97 Å². The van der Waals surface area contributed by atoms with Gasteiger partial charge in [0.15, 0.2) is 11.6 Å². The Labute approximate surface area is 143 Å². The molecule has 1 aromatic carbocycles. The maximum Gasteiger partial charge on any atom is 0.172 e. The molecule has 1 aliphatic carbocycles. The van der Waals surface area contributed by atoms with E-state index in [1.54, 1.807) is 0 Å². The number of rotatable bonds is 5. The van der Waals surface area contributed by atoms with Crippen molar-refractivity contribution in [3.63, 3.8) is 0 Å². The molecule has 124 valence electrons. The molecule has 1 saturated carbocycles. The van der Waals surface area contributed by atoms with Crippen molar-refractivity contribution in [3.05, 3.63) is 24.3 Å². The molecule has 1 atom stereocenters. The number of fused-ring (bicyclic) bond motifs is 1. The van der Waals surface area contributed by atoms with Crippen molar-refractivity contribution in [1.29, 1.82) is 0 Å². The van der Waals surface area contributed by atoms with E-state index in [9.17, 15) is 0 Å². The molecule has 0 radical (unpaired) electrons. The first-order valence-corrected chi connectivity index (χ1v) is 8.25. The summed E-state index contributed by atoms with van der Waals surface area (Å²) in [5.74, 6) is 2.62. The van der Waals surface area contributed by atoms with Gasteiger partial charge in [0.1, 0.15) is 0 Å². The minimum absolute atomic E-state index is 0. The molecule has 2 aromatic rings. The topological polar surface area (TPSA) is 53.1 Å². The summed E-state index contributed by atoms with van der Waals surface area (Å²) in [4.78, 5) is 12.0. The molecular formula is C17H24ClN5. The van der Waals surface area contributed by atoms with E-state index in [1.807, 2.05) is 24.3 Å². The minimum atomic E-state index is 0. The zero-order chi connectivity index (χ0) is 14.9. The molecule has 23 heavy (non-hydrogen) atoms. The van der Waals surface area contributed by atoms with Crippen molar-refractivity contribution in [1.82, 2.24) is 15.3 Å². The standard InChI is InChI=1S/C17H23N5.ClH/c1-22(11-12-8-9-18-10-12)17-16(19-13-6-7-13)20-14-4-2-3-5-15(14)21-17;/h2-5,12-13,18H,6-11H2,1H3,(H,19,20);1H. The van der Waals surface area contributed by atoms with Crippen LogP contribution in [0, 0.1) is 5.92 Å². The van der Waals surface area contributed by atoms with Gasteiger partial charge in [0, 0.05) is 19.6 Å². The highest BCUT2D eigenvalue weighted by molar-refractivity contribution is 5.85. The maximum atomic E-state index is 4.88. The van der Waals surface area contributed by atoms with Crippen molar-refractivity contribution in [2.75, 3.05) is 36.9 Å². The van der Waals surface area contributed by atoms with Gasteiger partial charge in [-0.2, -0.15) is 0 Å². The van der Waals surface area contributed by atoms with Crippen LogP contribution in [0.1, 0.15) is 19.3 Å². The largest absolute Gasteiger partial charge is 0.364 e. The average molecular weight is 334 g/mol. The summed E-state index contributed by atoms with van der Waals surface area (Å²) in [5.41, 5.74) is 1.93. The molecular weight excluding hydrogens is 310 g/mol. The number of halogens is 1. The second-order valence-electron chi connectivity index (χ2n) is 6.54. The van der Waals surface area contributed by atoms with Crippen LogP contribution < -0.4 is 15.5 Å². The van der Waals surface area contributed by atoms with E-state index < -0.39 is 0 Å². The summed E-state index contributed by atoms with van der Waals surface area (Å²) in [6.07, 6.45) is 3.73. The highest BCUT2D eigenvalue weighted by Crippen LogP contribution is 2.30. The fourth-order valence-corrected chi connectivity index (χ4v) is 3.12. The summed E-state index contributed by atoms with van der Waals surface area (Å²) >= 11 is 0. The number of anilines is 2. The van der Waals surface area contributed by atoms with Crippen LogP contribution >= 0.6 is 12.4 Å². The molecule has 1 unspecified atom stereocenters. The average Bonchev–Trinajstić information content (AvgIpc) is 3.20. The van der Waals surface area contributed by atoms with Crippen molar-refractivity contribution in [3.8, 4) is 0 Å². The summed E-state index contributed by atoms with van der Waals surface area (Å²) in [6, 6.07) is 8.69. The van der Waals surface area contributed by atoms with Gasteiger partial charge >= 0.3 is 0 Å². The normalized spacial score (nSPS) is 20.3. The van der Waals surface area contributed by atoms with Crippen molar-refractivity contribution < 1.29 is 0 Å². The van der Waals surface area contributed by atoms with E-state index in [-0.39, 0.29) is 12.4 Å². The quantitative estimate of drug-likeness (QED) is 0.881. The van der Waals surface area contributed by atoms with Gasteiger partial charge in [0.25, 0.3) is 0 Å². The van der Waals surface area contributed by atoms with E-state index in [4.69, 9.17) is 9.97 Å². The van der Waals surface area contributed by atoms with Crippen LogP contribution in [0.2, 0.25) is 0 Å². The number of nitrogens with zero attached hydrogens (tertiary/aromatic N) is 3. The highest BCUT2D eigenvalue weighted by Gasteiger charge is 2.25. The van der Waals surface area contributed by atoms with Crippen LogP contribution in [0.15, 0.2) is 24.3 Å². The lowest BCUT2D eigenvalue weighted by Gasteiger charge is -2.24. The zero-order valence-electron chi connectivity index (χ0n) is 13.5. The van der Waals surface area contributed by atoms with Gasteiger partial charge in [-0.1, -0.05) is 12.1 Å². The van der Waals surface area contributed by atoms with Crippen LogP contribution in [0.5, 0.6) is 0 Å². The summed E-state index contributed by atoms with van der Waals surface area (Å²) in [6.45, 7) is 3.27. The van der Waals surface area contributed by atoms with E-state index in [1.165, 1.54) is 19.3 Å². The number of hydrogen-bond donors (Lipinski definition) is 2. The van der Waals surface area contributed by atoms with Gasteiger partial charge in [-0.15, -0.1) is 12.4 Å². The SMILES string of the molecule is CN(CC1CCNC1)c1nc2ccccc2nc1NC1CC1.Cl. The molecule has 2 N–H and O–H groups in total. The number of nitrogens with one attached hydrogen (secondary N) is 2. The predicted molar refractivity (Wildman–Crippen MR) is 97.7 cm³/mol. The number of para-hydroxylation sites is 2. The van der Waals surface area contributed by atoms with Gasteiger partial charge in [-0.3, -0.25) is 0 Å². The third-order valence-corrected chi connectivity index (χ3v) is 4.53.